The van der Waals surface area contributed by atoms with Crippen molar-refractivity contribution in [2.75, 3.05) is 13.1 Å². The highest BCUT2D eigenvalue weighted by atomic mass is 35.5. The highest BCUT2D eigenvalue weighted by Crippen LogP contribution is 2.41. The molecule has 1 saturated heterocycles. The molecule has 1 aliphatic heterocycles. The minimum atomic E-state index is 0.0319. The smallest absolute Gasteiger partial charge is 0.222 e. The summed E-state index contributed by atoms with van der Waals surface area (Å²) < 4.78 is 0. The normalized spacial score (nSPS) is 29.9. The van der Waals surface area contributed by atoms with Gasteiger partial charge in [-0.15, -0.1) is 0 Å². The fourth-order valence-electron chi connectivity index (χ4n) is 3.95. The van der Waals surface area contributed by atoms with Crippen LogP contribution in [0.4, 0.5) is 0 Å². The molecule has 0 spiro atoms. The van der Waals surface area contributed by atoms with Gasteiger partial charge in [0.15, 0.2) is 0 Å². The van der Waals surface area contributed by atoms with Gasteiger partial charge in [-0.3, -0.25) is 4.79 Å². The van der Waals surface area contributed by atoms with Crippen molar-refractivity contribution in [3.63, 3.8) is 0 Å². The maximum atomic E-state index is 11.9. The monoisotopic (exact) mass is 306 g/mol. The Hall–Kier alpha value is -1.06. The van der Waals surface area contributed by atoms with Crippen molar-refractivity contribution < 1.29 is 4.79 Å². The summed E-state index contributed by atoms with van der Waals surface area (Å²) in [5.41, 5.74) is 7.41. The van der Waals surface area contributed by atoms with Crippen LogP contribution in [0.15, 0.2) is 24.3 Å². The number of benzene rings is 1. The lowest BCUT2D eigenvalue weighted by Gasteiger charge is -2.42. The number of nitrogens with zero attached hydrogens (tertiary/aromatic N) is 1. The summed E-state index contributed by atoms with van der Waals surface area (Å²) in [7, 11) is 0. The Morgan fingerprint density at radius 2 is 2.10 bits per heavy atom. The minimum absolute atomic E-state index is 0.0319. The Balaban J connectivity index is 1.74. The Kier molecular flexibility index (Phi) is 4.23. The van der Waals surface area contributed by atoms with Crippen molar-refractivity contribution in [1.29, 1.82) is 0 Å². The summed E-state index contributed by atoms with van der Waals surface area (Å²) in [6, 6.07) is 8.52. The van der Waals surface area contributed by atoms with Gasteiger partial charge in [0.2, 0.25) is 5.91 Å². The maximum absolute atomic E-state index is 11.9. The van der Waals surface area contributed by atoms with Crippen LogP contribution < -0.4 is 5.73 Å². The number of halogens is 1. The van der Waals surface area contributed by atoms with Crippen molar-refractivity contribution in [1.82, 2.24) is 4.90 Å². The van der Waals surface area contributed by atoms with E-state index in [4.69, 9.17) is 17.3 Å². The Morgan fingerprint density at radius 1 is 1.33 bits per heavy atom. The highest BCUT2D eigenvalue weighted by Gasteiger charge is 2.39. The SMILES string of the molecule is NCC1(c2cccc(Cl)c2)CCC(N2CCCC2=O)CC1. The molecule has 1 aromatic rings. The standard InChI is InChI=1S/C17H23ClN2O/c18-14-4-1-3-13(11-14)17(12-19)8-6-15(7-9-17)20-10-2-5-16(20)21/h1,3-4,11,15H,2,5-10,12,19H2. The lowest BCUT2D eigenvalue weighted by molar-refractivity contribution is -0.130. The minimum Gasteiger partial charge on any atom is -0.340 e. The zero-order valence-electron chi connectivity index (χ0n) is 12.4. The second-order valence-corrected chi connectivity index (χ2v) is 6.85. The number of hydrogen-bond donors (Lipinski definition) is 1. The van der Waals surface area contributed by atoms with Gasteiger partial charge in [0.05, 0.1) is 0 Å². The van der Waals surface area contributed by atoms with Crippen LogP contribution in [0.25, 0.3) is 0 Å². The van der Waals surface area contributed by atoms with Crippen molar-refractivity contribution in [3.8, 4) is 0 Å². The summed E-state index contributed by atoms with van der Waals surface area (Å²) in [6.45, 7) is 1.59. The maximum Gasteiger partial charge on any atom is 0.222 e. The molecule has 0 atom stereocenters. The Bertz CT molecular complexity index is 523. The van der Waals surface area contributed by atoms with Crippen molar-refractivity contribution in [2.45, 2.75) is 50.0 Å². The van der Waals surface area contributed by atoms with Crippen LogP contribution in [-0.2, 0) is 10.2 Å². The van der Waals surface area contributed by atoms with Gasteiger partial charge in [0.1, 0.15) is 0 Å². The van der Waals surface area contributed by atoms with E-state index in [9.17, 15) is 4.79 Å². The van der Waals surface area contributed by atoms with Crippen LogP contribution in [0.5, 0.6) is 0 Å². The molecular formula is C17H23ClN2O. The van der Waals surface area contributed by atoms with E-state index in [0.717, 1.165) is 50.1 Å². The molecule has 0 unspecified atom stereocenters. The molecule has 1 heterocycles. The van der Waals surface area contributed by atoms with Gasteiger partial charge in [-0.25, -0.2) is 0 Å². The van der Waals surface area contributed by atoms with E-state index >= 15 is 0 Å². The second kappa shape index (κ2) is 5.98. The van der Waals surface area contributed by atoms with Gasteiger partial charge >= 0.3 is 0 Å². The lowest BCUT2D eigenvalue weighted by Crippen LogP contribution is -2.45. The fourth-order valence-corrected chi connectivity index (χ4v) is 4.14. The van der Waals surface area contributed by atoms with Gasteiger partial charge in [0.25, 0.3) is 0 Å². The molecule has 2 N–H and O–H groups in total. The predicted octanol–water partition coefficient (Wildman–Crippen LogP) is 3.10. The van der Waals surface area contributed by atoms with E-state index in [1.54, 1.807) is 0 Å². The summed E-state index contributed by atoms with van der Waals surface area (Å²) in [5.74, 6) is 0.336. The lowest BCUT2D eigenvalue weighted by atomic mass is 9.68. The number of carbonyl (C=O) groups excluding carboxylic acids is 1. The highest BCUT2D eigenvalue weighted by molar-refractivity contribution is 6.30. The molecule has 0 radical (unpaired) electrons. The number of nitrogens with two attached hydrogens (primary N) is 1. The van der Waals surface area contributed by atoms with Gasteiger partial charge in [-0.05, 0) is 49.8 Å². The average Bonchev–Trinajstić information content (AvgIpc) is 2.93. The van der Waals surface area contributed by atoms with E-state index in [1.165, 1.54) is 5.56 Å². The third kappa shape index (κ3) is 2.82. The summed E-state index contributed by atoms with van der Waals surface area (Å²) in [6.07, 6.45) is 5.93. The van der Waals surface area contributed by atoms with E-state index < -0.39 is 0 Å². The summed E-state index contributed by atoms with van der Waals surface area (Å²) >= 11 is 6.14. The molecule has 2 fully saturated rings. The molecule has 3 rings (SSSR count). The van der Waals surface area contributed by atoms with E-state index in [2.05, 4.69) is 17.0 Å². The van der Waals surface area contributed by atoms with Gasteiger partial charge in [-0.1, -0.05) is 23.7 Å². The van der Waals surface area contributed by atoms with E-state index in [1.807, 2.05) is 12.1 Å². The third-order valence-corrected chi connectivity index (χ3v) is 5.53. The Labute approximate surface area is 131 Å². The molecule has 21 heavy (non-hydrogen) atoms. The molecular weight excluding hydrogens is 284 g/mol. The molecule has 3 nitrogen and oxygen atoms in total. The van der Waals surface area contributed by atoms with Crippen LogP contribution in [0.3, 0.4) is 0 Å². The zero-order chi connectivity index (χ0) is 14.9. The van der Waals surface area contributed by atoms with Gasteiger partial charge < -0.3 is 10.6 Å². The number of amides is 1. The average molecular weight is 307 g/mol. The van der Waals surface area contributed by atoms with Crippen molar-refractivity contribution >= 4 is 17.5 Å². The predicted molar refractivity (Wildman–Crippen MR) is 85.4 cm³/mol. The quantitative estimate of drug-likeness (QED) is 0.932. The largest absolute Gasteiger partial charge is 0.340 e. The first kappa shape index (κ1) is 14.9. The van der Waals surface area contributed by atoms with Crippen LogP contribution in [0, 0.1) is 0 Å². The van der Waals surface area contributed by atoms with Crippen LogP contribution in [0.2, 0.25) is 5.02 Å². The molecule has 4 heteroatoms. The van der Waals surface area contributed by atoms with E-state index in [-0.39, 0.29) is 5.41 Å². The number of hydrogen-bond acceptors (Lipinski definition) is 2. The first-order valence-corrected chi connectivity index (χ1v) is 8.28. The molecule has 1 aromatic carbocycles. The van der Waals surface area contributed by atoms with E-state index in [0.29, 0.717) is 18.5 Å². The molecule has 114 valence electrons. The molecule has 0 bridgehead atoms. The molecule has 0 aromatic heterocycles. The Morgan fingerprint density at radius 3 is 2.67 bits per heavy atom. The van der Waals surface area contributed by atoms with Crippen molar-refractivity contribution in [3.05, 3.63) is 34.9 Å². The first-order chi connectivity index (χ1) is 10.1. The number of rotatable bonds is 3. The van der Waals surface area contributed by atoms with Crippen LogP contribution in [-0.4, -0.2) is 29.9 Å². The second-order valence-electron chi connectivity index (χ2n) is 6.42. The van der Waals surface area contributed by atoms with Crippen LogP contribution >= 0.6 is 11.6 Å². The topological polar surface area (TPSA) is 46.3 Å². The summed E-state index contributed by atoms with van der Waals surface area (Å²) in [5, 5.41) is 0.775. The molecule has 2 aliphatic rings. The van der Waals surface area contributed by atoms with Crippen molar-refractivity contribution in [2.24, 2.45) is 5.73 Å². The third-order valence-electron chi connectivity index (χ3n) is 5.29. The fraction of sp³-hybridized carbons (Fsp3) is 0.588. The molecule has 1 saturated carbocycles. The number of likely N-dealkylation sites (tertiary alicyclic amines) is 1. The number of carbonyl (C=O) groups is 1. The summed E-state index contributed by atoms with van der Waals surface area (Å²) in [4.78, 5) is 14.0. The van der Waals surface area contributed by atoms with Gasteiger partial charge in [-0.2, -0.15) is 0 Å². The zero-order valence-corrected chi connectivity index (χ0v) is 13.1. The van der Waals surface area contributed by atoms with Gasteiger partial charge in [0, 0.05) is 36.0 Å². The molecule has 1 amide bonds. The first-order valence-electron chi connectivity index (χ1n) is 7.90. The van der Waals surface area contributed by atoms with Crippen LogP contribution in [0.1, 0.15) is 44.1 Å². The molecule has 1 aliphatic carbocycles.